The van der Waals surface area contributed by atoms with Gasteiger partial charge >= 0.3 is 12.1 Å². The molecule has 0 aliphatic rings. The first kappa shape index (κ1) is 22.9. The van der Waals surface area contributed by atoms with Crippen molar-refractivity contribution in [1.29, 1.82) is 0 Å². The van der Waals surface area contributed by atoms with E-state index in [4.69, 9.17) is 9.47 Å². The van der Waals surface area contributed by atoms with Gasteiger partial charge in [-0.3, -0.25) is 9.59 Å². The third-order valence-electron chi connectivity index (χ3n) is 3.93. The number of esters is 1. The van der Waals surface area contributed by atoms with Crippen LogP contribution in [-0.4, -0.2) is 36.2 Å². The second-order valence-corrected chi connectivity index (χ2v) is 7.75. The highest BCUT2D eigenvalue weighted by Gasteiger charge is 2.24. The lowest BCUT2D eigenvalue weighted by Crippen LogP contribution is -2.49. The molecule has 0 saturated carbocycles. The molecule has 1 atom stereocenters. The molecule has 2 N–H and O–H groups in total. The zero-order valence-corrected chi connectivity index (χ0v) is 17.5. The van der Waals surface area contributed by atoms with Crippen LogP contribution in [0.3, 0.4) is 0 Å². The maximum absolute atomic E-state index is 12.6. The second kappa shape index (κ2) is 11.0. The van der Waals surface area contributed by atoms with Gasteiger partial charge in [0, 0.05) is 6.42 Å². The zero-order chi connectivity index (χ0) is 22.0. The summed E-state index contributed by atoms with van der Waals surface area (Å²) >= 11 is 0. The number of benzene rings is 2. The lowest BCUT2D eigenvalue weighted by molar-refractivity contribution is -0.154. The largest absolute Gasteiger partial charge is 0.459 e. The van der Waals surface area contributed by atoms with E-state index in [1.165, 1.54) is 0 Å². The number of alkyl carbamates (subject to hydrolysis) is 1. The molecule has 2 aromatic rings. The number of ether oxygens (including phenoxy) is 2. The van der Waals surface area contributed by atoms with E-state index in [9.17, 15) is 14.4 Å². The Kier molecular flexibility index (Phi) is 8.41. The number of carbonyl (C=O) groups is 3. The Morgan fingerprint density at radius 2 is 1.47 bits per heavy atom. The van der Waals surface area contributed by atoms with Crippen LogP contribution < -0.4 is 10.6 Å². The number of hydrogen-bond donors (Lipinski definition) is 2. The predicted octanol–water partition coefficient (Wildman–Crippen LogP) is 2.98. The van der Waals surface area contributed by atoms with Crippen molar-refractivity contribution in [1.82, 2.24) is 10.6 Å². The van der Waals surface area contributed by atoms with Gasteiger partial charge in [0.05, 0.1) is 0 Å². The van der Waals surface area contributed by atoms with Gasteiger partial charge in [-0.1, -0.05) is 60.7 Å². The summed E-state index contributed by atoms with van der Waals surface area (Å²) in [5, 5.41) is 5.10. The van der Waals surface area contributed by atoms with Crippen LogP contribution in [0.15, 0.2) is 60.7 Å². The molecular weight excluding hydrogens is 384 g/mol. The summed E-state index contributed by atoms with van der Waals surface area (Å²) in [6, 6.07) is 17.6. The fraction of sp³-hybridized carbons (Fsp3) is 0.348. The van der Waals surface area contributed by atoms with Crippen LogP contribution in [0.1, 0.15) is 31.9 Å². The molecule has 160 valence electrons. The minimum atomic E-state index is -0.905. The van der Waals surface area contributed by atoms with Gasteiger partial charge < -0.3 is 20.1 Å². The maximum Gasteiger partial charge on any atom is 0.408 e. The molecular formula is C23H28N2O5. The molecule has 2 rings (SSSR count). The van der Waals surface area contributed by atoms with Crippen LogP contribution in [-0.2, 0) is 32.1 Å². The van der Waals surface area contributed by atoms with Crippen molar-refractivity contribution >= 4 is 18.0 Å². The minimum absolute atomic E-state index is 0.0876. The summed E-state index contributed by atoms with van der Waals surface area (Å²) in [6.45, 7) is 5.03. The number of carbonyl (C=O) groups excluding carboxylic acids is 3. The normalized spacial score (nSPS) is 11.8. The highest BCUT2D eigenvalue weighted by atomic mass is 16.6. The van der Waals surface area contributed by atoms with Crippen molar-refractivity contribution < 1.29 is 23.9 Å². The fourth-order valence-electron chi connectivity index (χ4n) is 2.63. The van der Waals surface area contributed by atoms with Crippen LogP contribution in [0.4, 0.5) is 4.79 Å². The molecule has 0 aliphatic carbocycles. The molecule has 0 saturated heterocycles. The first-order valence-electron chi connectivity index (χ1n) is 9.73. The SMILES string of the molecule is CC(C)(C)OC(=O)CNC(=O)C(Cc1ccccc1)NC(=O)OCc1ccccc1. The quantitative estimate of drug-likeness (QED) is 0.650. The van der Waals surface area contributed by atoms with E-state index in [0.29, 0.717) is 0 Å². The Bertz CT molecular complexity index is 832. The highest BCUT2D eigenvalue weighted by Crippen LogP contribution is 2.07. The molecule has 30 heavy (non-hydrogen) atoms. The molecule has 1 unspecified atom stereocenters. The highest BCUT2D eigenvalue weighted by molar-refractivity contribution is 5.88. The number of rotatable bonds is 8. The predicted molar refractivity (Wildman–Crippen MR) is 113 cm³/mol. The molecule has 7 heteroatoms. The van der Waals surface area contributed by atoms with Gasteiger partial charge in [0.15, 0.2) is 0 Å². The molecule has 0 fully saturated rings. The summed E-state index contributed by atoms with van der Waals surface area (Å²) in [5.74, 6) is -1.05. The smallest absolute Gasteiger partial charge is 0.408 e. The average molecular weight is 412 g/mol. The van der Waals surface area contributed by atoms with E-state index >= 15 is 0 Å². The van der Waals surface area contributed by atoms with Gasteiger partial charge in [0.1, 0.15) is 24.8 Å². The van der Waals surface area contributed by atoms with Crippen molar-refractivity contribution in [3.05, 3.63) is 71.8 Å². The Hall–Kier alpha value is -3.35. The topological polar surface area (TPSA) is 93.7 Å². The monoisotopic (exact) mass is 412 g/mol. The van der Waals surface area contributed by atoms with Crippen molar-refractivity contribution in [2.75, 3.05) is 6.54 Å². The van der Waals surface area contributed by atoms with E-state index in [-0.39, 0.29) is 19.6 Å². The molecule has 0 bridgehead atoms. The van der Waals surface area contributed by atoms with E-state index in [1.807, 2.05) is 60.7 Å². The molecule has 0 spiro atoms. The van der Waals surface area contributed by atoms with Gasteiger partial charge in [-0.25, -0.2) is 4.79 Å². The number of amides is 2. The summed E-state index contributed by atoms with van der Waals surface area (Å²) in [5.41, 5.74) is 1.05. The second-order valence-electron chi connectivity index (χ2n) is 7.75. The lowest BCUT2D eigenvalue weighted by Gasteiger charge is -2.21. The third-order valence-corrected chi connectivity index (χ3v) is 3.93. The van der Waals surface area contributed by atoms with E-state index in [0.717, 1.165) is 11.1 Å². The average Bonchev–Trinajstić information content (AvgIpc) is 2.70. The van der Waals surface area contributed by atoms with E-state index in [2.05, 4.69) is 10.6 Å². The molecule has 2 aromatic carbocycles. The lowest BCUT2D eigenvalue weighted by atomic mass is 10.1. The fourth-order valence-corrected chi connectivity index (χ4v) is 2.63. The van der Waals surface area contributed by atoms with Gasteiger partial charge in [-0.15, -0.1) is 0 Å². The summed E-state index contributed by atoms with van der Waals surface area (Å²) in [6.07, 6.45) is -0.464. The molecule has 7 nitrogen and oxygen atoms in total. The zero-order valence-electron chi connectivity index (χ0n) is 17.5. The first-order valence-corrected chi connectivity index (χ1v) is 9.73. The summed E-state index contributed by atoms with van der Waals surface area (Å²) < 4.78 is 10.4. The maximum atomic E-state index is 12.6. The minimum Gasteiger partial charge on any atom is -0.459 e. The summed E-state index contributed by atoms with van der Waals surface area (Å²) in [7, 11) is 0. The van der Waals surface area contributed by atoms with E-state index in [1.54, 1.807) is 20.8 Å². The standard InChI is InChI=1S/C23H28N2O5/c1-23(2,3)30-20(26)15-24-21(27)19(14-17-10-6-4-7-11-17)25-22(28)29-16-18-12-8-5-9-13-18/h4-13,19H,14-16H2,1-3H3,(H,24,27)(H,25,28). The molecule has 0 aromatic heterocycles. The molecule has 0 radical (unpaired) electrons. The van der Waals surface area contributed by atoms with E-state index < -0.39 is 29.6 Å². The Morgan fingerprint density at radius 3 is 2.03 bits per heavy atom. The Labute approximate surface area is 176 Å². The Balaban J connectivity index is 1.96. The van der Waals surface area contributed by atoms with Crippen molar-refractivity contribution in [2.24, 2.45) is 0 Å². The number of nitrogens with one attached hydrogen (secondary N) is 2. The molecule has 2 amide bonds. The van der Waals surface area contributed by atoms with Crippen molar-refractivity contribution in [3.8, 4) is 0 Å². The van der Waals surface area contributed by atoms with Gasteiger partial charge in [0.25, 0.3) is 0 Å². The van der Waals surface area contributed by atoms with Gasteiger partial charge in [-0.2, -0.15) is 0 Å². The van der Waals surface area contributed by atoms with Crippen molar-refractivity contribution in [3.63, 3.8) is 0 Å². The first-order chi connectivity index (χ1) is 14.2. The summed E-state index contributed by atoms with van der Waals surface area (Å²) in [4.78, 5) is 36.8. The Morgan fingerprint density at radius 1 is 0.900 bits per heavy atom. The molecule has 0 aliphatic heterocycles. The van der Waals surface area contributed by atoms with Crippen LogP contribution in [0.5, 0.6) is 0 Å². The van der Waals surface area contributed by atoms with Crippen LogP contribution >= 0.6 is 0 Å². The van der Waals surface area contributed by atoms with Gasteiger partial charge in [-0.05, 0) is 31.9 Å². The van der Waals surface area contributed by atoms with Crippen LogP contribution in [0, 0.1) is 0 Å². The third kappa shape index (κ3) is 8.77. The molecule has 0 heterocycles. The van der Waals surface area contributed by atoms with Crippen LogP contribution in [0.2, 0.25) is 0 Å². The number of hydrogen-bond acceptors (Lipinski definition) is 5. The van der Waals surface area contributed by atoms with Gasteiger partial charge in [0.2, 0.25) is 5.91 Å². The van der Waals surface area contributed by atoms with Crippen molar-refractivity contribution in [2.45, 2.75) is 45.4 Å². The van der Waals surface area contributed by atoms with Crippen LogP contribution in [0.25, 0.3) is 0 Å².